The number of nitrogens with zero attached hydrogens (tertiary/aromatic N) is 1. The summed E-state index contributed by atoms with van der Waals surface area (Å²) in [6.45, 7) is 4.63. The van der Waals surface area contributed by atoms with E-state index in [1.807, 2.05) is 0 Å². The second kappa shape index (κ2) is 5.82. The third kappa shape index (κ3) is 3.43. The molecule has 0 saturated heterocycles. The summed E-state index contributed by atoms with van der Waals surface area (Å²) in [6.07, 6.45) is 2.54. The smallest absolute Gasteiger partial charge is 0.267 e. The Morgan fingerprint density at radius 3 is 2.89 bits per heavy atom. The molecule has 0 aliphatic heterocycles. The Morgan fingerprint density at radius 1 is 1.50 bits per heavy atom. The number of rotatable bonds is 6. The molecule has 2 N–H and O–H groups in total. The number of aromatic nitrogens is 1. The average molecular weight is 249 g/mol. The van der Waals surface area contributed by atoms with Crippen LogP contribution in [-0.2, 0) is 0 Å². The van der Waals surface area contributed by atoms with Gasteiger partial charge in [0.1, 0.15) is 5.69 Å². The topological polar surface area (TPSA) is 65.2 Å². The minimum Gasteiger partial charge on any atom is -0.349 e. The molecule has 1 saturated carbocycles. The highest BCUT2D eigenvalue weighted by atomic mass is 16.2. The van der Waals surface area contributed by atoms with Crippen LogP contribution in [0.1, 0.15) is 30.3 Å². The van der Waals surface area contributed by atoms with Crippen molar-refractivity contribution in [2.24, 2.45) is 0 Å². The molecule has 1 aromatic heterocycles. The fraction of sp³-hybridized carbons (Fsp3) is 0.538. The van der Waals surface area contributed by atoms with Gasteiger partial charge in [0.05, 0.1) is 0 Å². The van der Waals surface area contributed by atoms with Crippen molar-refractivity contribution in [3.8, 4) is 0 Å². The van der Waals surface area contributed by atoms with E-state index in [1.165, 1.54) is 18.9 Å². The van der Waals surface area contributed by atoms with Gasteiger partial charge in [0, 0.05) is 25.2 Å². The number of carbonyl (C=O) groups is 1. The van der Waals surface area contributed by atoms with Crippen LogP contribution in [0.5, 0.6) is 0 Å². The van der Waals surface area contributed by atoms with E-state index >= 15 is 0 Å². The van der Waals surface area contributed by atoms with Gasteiger partial charge in [-0.3, -0.25) is 14.5 Å². The summed E-state index contributed by atoms with van der Waals surface area (Å²) >= 11 is 0. The number of pyridine rings is 1. The zero-order valence-electron chi connectivity index (χ0n) is 10.6. The maximum absolute atomic E-state index is 11.8. The van der Waals surface area contributed by atoms with Gasteiger partial charge in [-0.05, 0) is 25.5 Å². The average Bonchev–Trinajstić information content (AvgIpc) is 3.18. The van der Waals surface area contributed by atoms with E-state index in [2.05, 4.69) is 22.1 Å². The van der Waals surface area contributed by atoms with E-state index in [0.717, 1.165) is 13.1 Å². The van der Waals surface area contributed by atoms with Crippen molar-refractivity contribution >= 4 is 5.91 Å². The number of aromatic amines is 1. The van der Waals surface area contributed by atoms with E-state index in [9.17, 15) is 9.59 Å². The molecular formula is C13H19N3O2. The third-order valence-electron chi connectivity index (χ3n) is 3.17. The van der Waals surface area contributed by atoms with Crippen LogP contribution in [0, 0.1) is 0 Å². The second-order valence-corrected chi connectivity index (χ2v) is 4.54. The highest BCUT2D eigenvalue weighted by Crippen LogP contribution is 2.25. The normalized spacial score (nSPS) is 14.8. The van der Waals surface area contributed by atoms with Crippen molar-refractivity contribution in [3.63, 3.8) is 0 Å². The van der Waals surface area contributed by atoms with Crippen molar-refractivity contribution in [2.75, 3.05) is 19.6 Å². The summed E-state index contributed by atoms with van der Waals surface area (Å²) in [4.78, 5) is 27.7. The van der Waals surface area contributed by atoms with Gasteiger partial charge in [-0.1, -0.05) is 13.0 Å². The molecule has 1 heterocycles. The first kappa shape index (κ1) is 12.8. The number of hydrogen-bond donors (Lipinski definition) is 2. The van der Waals surface area contributed by atoms with E-state index in [0.29, 0.717) is 18.3 Å². The lowest BCUT2D eigenvalue weighted by atomic mass is 10.3. The minimum atomic E-state index is -0.254. The van der Waals surface area contributed by atoms with Crippen LogP contribution in [0.25, 0.3) is 0 Å². The Kier molecular flexibility index (Phi) is 4.15. The van der Waals surface area contributed by atoms with Gasteiger partial charge in [-0.15, -0.1) is 0 Å². The molecule has 1 aliphatic carbocycles. The number of amides is 1. The molecule has 5 nitrogen and oxygen atoms in total. The van der Waals surface area contributed by atoms with Gasteiger partial charge < -0.3 is 10.3 Å². The maximum Gasteiger partial charge on any atom is 0.267 e. The number of H-pyrrole nitrogens is 1. The summed E-state index contributed by atoms with van der Waals surface area (Å²) in [7, 11) is 0. The first-order chi connectivity index (χ1) is 8.70. The third-order valence-corrected chi connectivity index (χ3v) is 3.17. The number of nitrogens with one attached hydrogen (secondary N) is 2. The summed E-state index contributed by atoms with van der Waals surface area (Å²) in [6, 6.07) is 5.29. The van der Waals surface area contributed by atoms with Crippen molar-refractivity contribution in [1.29, 1.82) is 0 Å². The summed E-state index contributed by atoms with van der Waals surface area (Å²) in [5.74, 6) is -0.223. The SMILES string of the molecule is CCN(CCNC(=O)c1cccc(=O)[nH]1)C1CC1. The highest BCUT2D eigenvalue weighted by Gasteiger charge is 2.27. The Balaban J connectivity index is 1.79. The van der Waals surface area contributed by atoms with Crippen LogP contribution in [0.4, 0.5) is 0 Å². The van der Waals surface area contributed by atoms with Gasteiger partial charge in [0.15, 0.2) is 0 Å². The number of carbonyl (C=O) groups excluding carboxylic acids is 1. The predicted octanol–water partition coefficient (Wildman–Crippen LogP) is 0.589. The number of hydrogen-bond acceptors (Lipinski definition) is 3. The molecule has 1 aromatic rings. The molecule has 0 unspecified atom stereocenters. The molecule has 0 radical (unpaired) electrons. The summed E-state index contributed by atoms with van der Waals surface area (Å²) < 4.78 is 0. The quantitative estimate of drug-likeness (QED) is 0.775. The second-order valence-electron chi connectivity index (χ2n) is 4.54. The van der Waals surface area contributed by atoms with Gasteiger partial charge in [0.25, 0.3) is 5.91 Å². The zero-order chi connectivity index (χ0) is 13.0. The van der Waals surface area contributed by atoms with Gasteiger partial charge in [-0.2, -0.15) is 0 Å². The van der Waals surface area contributed by atoms with Crippen molar-refractivity contribution in [2.45, 2.75) is 25.8 Å². The summed E-state index contributed by atoms with van der Waals surface area (Å²) in [5.41, 5.74) is 0.0628. The lowest BCUT2D eigenvalue weighted by Gasteiger charge is -2.19. The van der Waals surface area contributed by atoms with Crippen LogP contribution < -0.4 is 10.9 Å². The predicted molar refractivity (Wildman–Crippen MR) is 69.7 cm³/mol. The molecule has 98 valence electrons. The lowest BCUT2D eigenvalue weighted by molar-refractivity contribution is 0.0942. The first-order valence-electron chi connectivity index (χ1n) is 6.42. The van der Waals surface area contributed by atoms with Crippen LogP contribution in [-0.4, -0.2) is 41.5 Å². The fourth-order valence-corrected chi connectivity index (χ4v) is 2.03. The molecule has 5 heteroatoms. The molecule has 0 atom stereocenters. The molecule has 0 bridgehead atoms. The van der Waals surface area contributed by atoms with E-state index in [1.54, 1.807) is 12.1 Å². The maximum atomic E-state index is 11.8. The summed E-state index contributed by atoms with van der Waals surface area (Å²) in [5, 5.41) is 2.82. The number of likely N-dealkylation sites (N-methyl/N-ethyl adjacent to an activating group) is 1. The van der Waals surface area contributed by atoms with Gasteiger partial charge in [-0.25, -0.2) is 0 Å². The van der Waals surface area contributed by atoms with Gasteiger partial charge >= 0.3 is 0 Å². The van der Waals surface area contributed by atoms with E-state index < -0.39 is 0 Å². The highest BCUT2D eigenvalue weighted by molar-refractivity contribution is 5.92. The van der Waals surface area contributed by atoms with Crippen LogP contribution >= 0.6 is 0 Å². The van der Waals surface area contributed by atoms with Crippen molar-refractivity contribution in [3.05, 3.63) is 34.2 Å². The Morgan fingerprint density at radius 2 is 2.28 bits per heavy atom. The Labute approximate surface area is 106 Å². The monoisotopic (exact) mass is 249 g/mol. The van der Waals surface area contributed by atoms with Crippen molar-refractivity contribution < 1.29 is 4.79 Å². The standard InChI is InChI=1S/C13H19N3O2/c1-2-16(10-6-7-10)9-8-14-13(18)11-4-3-5-12(17)15-11/h3-5,10H,2,6-9H2,1H3,(H,14,18)(H,15,17). The lowest BCUT2D eigenvalue weighted by Crippen LogP contribution is -2.36. The van der Waals surface area contributed by atoms with Crippen LogP contribution in [0.3, 0.4) is 0 Å². The molecule has 0 spiro atoms. The van der Waals surface area contributed by atoms with Crippen LogP contribution in [0.2, 0.25) is 0 Å². The molecule has 1 fully saturated rings. The molecule has 0 aromatic carbocycles. The first-order valence-corrected chi connectivity index (χ1v) is 6.42. The molecule has 1 amide bonds. The fourth-order valence-electron chi connectivity index (χ4n) is 2.03. The van der Waals surface area contributed by atoms with E-state index in [4.69, 9.17) is 0 Å². The van der Waals surface area contributed by atoms with Gasteiger partial charge in [0.2, 0.25) is 5.56 Å². The molecule has 2 rings (SSSR count). The molecule has 1 aliphatic rings. The largest absolute Gasteiger partial charge is 0.349 e. The Bertz CT molecular complexity index is 465. The minimum absolute atomic E-state index is 0.223. The Hall–Kier alpha value is -1.62. The van der Waals surface area contributed by atoms with E-state index in [-0.39, 0.29) is 11.5 Å². The molecular weight excluding hydrogens is 230 g/mol. The zero-order valence-corrected chi connectivity index (χ0v) is 10.6. The van der Waals surface area contributed by atoms with Crippen molar-refractivity contribution in [1.82, 2.24) is 15.2 Å². The molecule has 18 heavy (non-hydrogen) atoms. The van der Waals surface area contributed by atoms with Crippen LogP contribution in [0.15, 0.2) is 23.0 Å².